The standard InChI is InChI=1S/C20H20ClF2NO4/c1-24(12-13-3-9-17(27-2)18(11-13)28-20(22)23)19(26)10-8-16(25)14-4-6-15(21)7-5-14/h3-7,9,11,20H,8,10,12H2,1-2H3. The summed E-state index contributed by atoms with van der Waals surface area (Å²) in [6.45, 7) is -2.81. The minimum absolute atomic E-state index is 0.0362. The minimum atomic E-state index is -2.98. The number of methoxy groups -OCH3 is 1. The van der Waals surface area contributed by atoms with E-state index in [0.717, 1.165) is 0 Å². The van der Waals surface area contributed by atoms with Crippen molar-refractivity contribution in [1.29, 1.82) is 0 Å². The molecule has 8 heteroatoms. The van der Waals surface area contributed by atoms with Crippen LogP contribution in [0, 0.1) is 0 Å². The SMILES string of the molecule is COc1ccc(CN(C)C(=O)CCC(=O)c2ccc(Cl)cc2)cc1OC(F)F. The molecule has 0 N–H and O–H groups in total. The highest BCUT2D eigenvalue weighted by Crippen LogP contribution is 2.30. The second-order valence-electron chi connectivity index (χ2n) is 6.04. The normalized spacial score (nSPS) is 10.6. The summed E-state index contributed by atoms with van der Waals surface area (Å²) < 4.78 is 34.5. The van der Waals surface area contributed by atoms with Crippen LogP contribution in [-0.4, -0.2) is 37.4 Å². The van der Waals surface area contributed by atoms with Crippen LogP contribution in [0.5, 0.6) is 11.5 Å². The van der Waals surface area contributed by atoms with Crippen molar-refractivity contribution in [3.05, 3.63) is 58.6 Å². The maximum Gasteiger partial charge on any atom is 0.387 e. The molecule has 0 unspecified atom stereocenters. The van der Waals surface area contributed by atoms with Gasteiger partial charge in [0.2, 0.25) is 5.91 Å². The van der Waals surface area contributed by atoms with Gasteiger partial charge >= 0.3 is 6.61 Å². The molecule has 0 saturated heterocycles. The zero-order valence-electron chi connectivity index (χ0n) is 15.5. The summed E-state index contributed by atoms with van der Waals surface area (Å²) in [7, 11) is 2.92. The molecular weight excluding hydrogens is 392 g/mol. The van der Waals surface area contributed by atoms with Gasteiger partial charge in [0.15, 0.2) is 17.3 Å². The highest BCUT2D eigenvalue weighted by molar-refractivity contribution is 6.30. The molecule has 0 saturated carbocycles. The molecule has 150 valence electrons. The number of hydrogen-bond acceptors (Lipinski definition) is 4. The van der Waals surface area contributed by atoms with Gasteiger partial charge in [-0.25, -0.2) is 0 Å². The second kappa shape index (κ2) is 10.0. The average molecular weight is 412 g/mol. The topological polar surface area (TPSA) is 55.8 Å². The van der Waals surface area contributed by atoms with Crippen LogP contribution >= 0.6 is 11.6 Å². The number of nitrogens with zero attached hydrogens (tertiary/aromatic N) is 1. The van der Waals surface area contributed by atoms with E-state index in [2.05, 4.69) is 4.74 Å². The molecule has 0 heterocycles. The summed E-state index contributed by atoms with van der Waals surface area (Å²) in [5.74, 6) is -0.328. The van der Waals surface area contributed by atoms with Gasteiger partial charge < -0.3 is 14.4 Å². The fraction of sp³-hybridized carbons (Fsp3) is 0.300. The lowest BCUT2D eigenvalue weighted by Gasteiger charge is -2.18. The van der Waals surface area contributed by atoms with Crippen LogP contribution < -0.4 is 9.47 Å². The first-order chi connectivity index (χ1) is 13.3. The fourth-order valence-electron chi connectivity index (χ4n) is 2.56. The van der Waals surface area contributed by atoms with Gasteiger partial charge in [-0.1, -0.05) is 17.7 Å². The number of carbonyl (C=O) groups is 2. The molecule has 0 radical (unpaired) electrons. The third kappa shape index (κ3) is 6.20. The van der Waals surface area contributed by atoms with E-state index in [9.17, 15) is 18.4 Å². The van der Waals surface area contributed by atoms with Gasteiger partial charge in [-0.05, 0) is 42.0 Å². The van der Waals surface area contributed by atoms with E-state index in [0.29, 0.717) is 16.1 Å². The Labute approximate surface area is 166 Å². The molecule has 1 amide bonds. The summed E-state index contributed by atoms with van der Waals surface area (Å²) in [4.78, 5) is 25.9. The largest absolute Gasteiger partial charge is 0.493 e. The lowest BCUT2D eigenvalue weighted by atomic mass is 10.1. The van der Waals surface area contributed by atoms with Crippen molar-refractivity contribution >= 4 is 23.3 Å². The van der Waals surface area contributed by atoms with Crippen molar-refractivity contribution in [3.63, 3.8) is 0 Å². The van der Waals surface area contributed by atoms with E-state index in [-0.39, 0.29) is 42.6 Å². The highest BCUT2D eigenvalue weighted by atomic mass is 35.5. The van der Waals surface area contributed by atoms with E-state index in [1.54, 1.807) is 37.4 Å². The molecule has 5 nitrogen and oxygen atoms in total. The van der Waals surface area contributed by atoms with Crippen molar-refractivity contribution in [2.24, 2.45) is 0 Å². The number of alkyl halides is 2. The van der Waals surface area contributed by atoms with E-state index in [4.69, 9.17) is 16.3 Å². The predicted molar refractivity (Wildman–Crippen MR) is 101 cm³/mol. The predicted octanol–water partition coefficient (Wildman–Crippen LogP) is 4.57. The fourth-order valence-corrected chi connectivity index (χ4v) is 2.69. The van der Waals surface area contributed by atoms with Crippen molar-refractivity contribution in [2.45, 2.75) is 26.0 Å². The van der Waals surface area contributed by atoms with Gasteiger partial charge in [0.1, 0.15) is 0 Å². The molecule has 0 spiro atoms. The van der Waals surface area contributed by atoms with E-state index >= 15 is 0 Å². The molecule has 2 rings (SSSR count). The number of rotatable bonds is 9. The lowest BCUT2D eigenvalue weighted by molar-refractivity contribution is -0.130. The van der Waals surface area contributed by atoms with E-state index in [1.807, 2.05) is 0 Å². The molecule has 2 aromatic rings. The zero-order chi connectivity index (χ0) is 20.7. The monoisotopic (exact) mass is 411 g/mol. The molecule has 0 fully saturated rings. The third-order valence-corrected chi connectivity index (χ3v) is 4.27. The Hall–Kier alpha value is -2.67. The first kappa shape index (κ1) is 21.6. The summed E-state index contributed by atoms with van der Waals surface area (Å²) in [6.07, 6.45) is 0.0989. The van der Waals surface area contributed by atoms with Crippen LogP contribution in [0.15, 0.2) is 42.5 Å². The van der Waals surface area contributed by atoms with Crippen LogP contribution in [-0.2, 0) is 11.3 Å². The first-order valence-corrected chi connectivity index (χ1v) is 8.82. The van der Waals surface area contributed by atoms with Crippen LogP contribution in [0.4, 0.5) is 8.78 Å². The number of halogens is 3. The molecule has 0 aromatic heterocycles. The van der Waals surface area contributed by atoms with E-state index < -0.39 is 6.61 Å². The molecule has 0 aliphatic heterocycles. The van der Waals surface area contributed by atoms with Crippen molar-refractivity contribution < 1.29 is 27.8 Å². The Balaban J connectivity index is 1.94. The van der Waals surface area contributed by atoms with Gasteiger partial charge in [0.05, 0.1) is 7.11 Å². The smallest absolute Gasteiger partial charge is 0.387 e. The Morgan fingerprint density at radius 3 is 2.36 bits per heavy atom. The number of ether oxygens (including phenoxy) is 2. The first-order valence-electron chi connectivity index (χ1n) is 8.44. The average Bonchev–Trinajstić information content (AvgIpc) is 2.66. The number of carbonyl (C=O) groups excluding carboxylic acids is 2. The summed E-state index contributed by atoms with van der Waals surface area (Å²) in [6, 6.07) is 11.0. The minimum Gasteiger partial charge on any atom is -0.493 e. The second-order valence-corrected chi connectivity index (χ2v) is 6.48. The van der Waals surface area contributed by atoms with Crippen LogP contribution in [0.25, 0.3) is 0 Å². The van der Waals surface area contributed by atoms with Gasteiger partial charge in [-0.2, -0.15) is 8.78 Å². The number of benzene rings is 2. The Morgan fingerprint density at radius 1 is 1.07 bits per heavy atom. The Morgan fingerprint density at radius 2 is 1.75 bits per heavy atom. The Bertz CT molecular complexity index is 827. The lowest BCUT2D eigenvalue weighted by Crippen LogP contribution is -2.26. The maximum absolute atomic E-state index is 12.5. The van der Waals surface area contributed by atoms with Gasteiger partial charge in [-0.3, -0.25) is 9.59 Å². The van der Waals surface area contributed by atoms with Gasteiger partial charge in [0, 0.05) is 37.0 Å². The number of hydrogen-bond donors (Lipinski definition) is 0. The quantitative estimate of drug-likeness (QED) is 0.567. The van der Waals surface area contributed by atoms with Crippen molar-refractivity contribution in [1.82, 2.24) is 4.90 Å². The Kier molecular flexibility index (Phi) is 7.75. The summed E-state index contributed by atoms with van der Waals surface area (Å²) in [5.41, 5.74) is 1.08. The van der Waals surface area contributed by atoms with E-state index in [1.165, 1.54) is 24.1 Å². The maximum atomic E-state index is 12.5. The molecule has 2 aromatic carbocycles. The number of Topliss-reactive ketones (excluding diaryl/α,β-unsaturated/α-hetero) is 1. The molecule has 0 atom stereocenters. The van der Waals surface area contributed by atoms with Crippen LogP contribution in [0.3, 0.4) is 0 Å². The number of amides is 1. The van der Waals surface area contributed by atoms with Crippen molar-refractivity contribution in [2.75, 3.05) is 14.2 Å². The zero-order valence-corrected chi connectivity index (χ0v) is 16.2. The molecule has 0 aliphatic carbocycles. The molecular formula is C20H20ClF2NO4. The number of ketones is 1. The van der Waals surface area contributed by atoms with Gasteiger partial charge in [-0.15, -0.1) is 0 Å². The summed E-state index contributed by atoms with van der Waals surface area (Å²) in [5, 5.41) is 0.530. The molecule has 0 aliphatic rings. The van der Waals surface area contributed by atoms with Crippen LogP contribution in [0.1, 0.15) is 28.8 Å². The molecule has 28 heavy (non-hydrogen) atoms. The van der Waals surface area contributed by atoms with Crippen LogP contribution in [0.2, 0.25) is 5.02 Å². The van der Waals surface area contributed by atoms with Crippen molar-refractivity contribution in [3.8, 4) is 11.5 Å². The highest BCUT2D eigenvalue weighted by Gasteiger charge is 2.15. The third-order valence-electron chi connectivity index (χ3n) is 4.02. The molecule has 0 bridgehead atoms. The summed E-state index contributed by atoms with van der Waals surface area (Å²) >= 11 is 5.79. The van der Waals surface area contributed by atoms with Gasteiger partial charge in [0.25, 0.3) is 0 Å².